The first kappa shape index (κ1) is 18.8. The lowest BCUT2D eigenvalue weighted by molar-refractivity contribution is -0.160. The van der Waals surface area contributed by atoms with Gasteiger partial charge >= 0.3 is 5.97 Å². The maximum Gasteiger partial charge on any atom is 0.308 e. The number of fused-ring (bicyclic) bond motifs is 1. The molecule has 2 aromatic heterocycles. The van der Waals surface area contributed by atoms with E-state index in [0.717, 1.165) is 0 Å². The summed E-state index contributed by atoms with van der Waals surface area (Å²) in [5, 5.41) is 2.33. The zero-order chi connectivity index (χ0) is 19.4. The predicted molar refractivity (Wildman–Crippen MR) is 102 cm³/mol. The van der Waals surface area contributed by atoms with E-state index < -0.39 is 12.1 Å². The van der Waals surface area contributed by atoms with Crippen LogP contribution in [-0.2, 0) is 20.9 Å². The van der Waals surface area contributed by atoms with Gasteiger partial charge in [0.15, 0.2) is 0 Å². The highest BCUT2D eigenvalue weighted by atomic mass is 32.1. The van der Waals surface area contributed by atoms with Crippen LogP contribution in [0.3, 0.4) is 0 Å². The highest BCUT2D eigenvalue weighted by molar-refractivity contribution is 7.16. The van der Waals surface area contributed by atoms with Crippen molar-refractivity contribution in [1.29, 1.82) is 0 Å². The summed E-state index contributed by atoms with van der Waals surface area (Å²) in [6.45, 7) is 0.133. The Kier molecular flexibility index (Phi) is 5.66. The Hall–Kier alpha value is -3.00. The average Bonchev–Trinajstić information content (AvgIpc) is 3.15. The molecule has 140 valence electrons. The maximum atomic E-state index is 12.4. The van der Waals surface area contributed by atoms with Crippen LogP contribution >= 0.6 is 11.3 Å². The summed E-state index contributed by atoms with van der Waals surface area (Å²) in [6, 6.07) is 10.6. The summed E-state index contributed by atoms with van der Waals surface area (Å²) >= 11 is 1.39. The molecular weight excluding hydrogens is 366 g/mol. The lowest BCUT2D eigenvalue weighted by Crippen LogP contribution is -2.31. The van der Waals surface area contributed by atoms with E-state index >= 15 is 0 Å². The number of esters is 1. The number of aromatic nitrogens is 2. The monoisotopic (exact) mass is 385 g/mol. The van der Waals surface area contributed by atoms with Gasteiger partial charge in [-0.2, -0.15) is 0 Å². The number of ether oxygens (including phenoxy) is 1. The van der Waals surface area contributed by atoms with E-state index in [0.29, 0.717) is 15.8 Å². The highest BCUT2D eigenvalue weighted by Gasteiger charge is 2.26. The number of benzene rings is 1. The maximum absolute atomic E-state index is 12.4. The Labute approximate surface area is 159 Å². The Morgan fingerprint density at radius 2 is 1.96 bits per heavy atom. The molecule has 0 aliphatic heterocycles. The number of carbonyl (C=O) groups is 2. The average molecular weight is 385 g/mol. The Morgan fingerprint density at radius 1 is 1.22 bits per heavy atom. The van der Waals surface area contributed by atoms with Crippen LogP contribution in [0, 0.1) is 0 Å². The van der Waals surface area contributed by atoms with Gasteiger partial charge in [0.1, 0.15) is 4.83 Å². The quantitative estimate of drug-likeness (QED) is 0.608. The summed E-state index contributed by atoms with van der Waals surface area (Å²) in [4.78, 5) is 43.3. The fraction of sp³-hybridized carbons (Fsp3) is 0.263. The number of rotatable bonds is 6. The Morgan fingerprint density at radius 3 is 2.67 bits per heavy atom. The largest absolute Gasteiger partial charge is 0.447 e. The van der Waals surface area contributed by atoms with Gasteiger partial charge in [0.05, 0.1) is 18.1 Å². The normalized spacial score (nSPS) is 11.9. The van der Waals surface area contributed by atoms with Gasteiger partial charge in [0.25, 0.3) is 11.5 Å². The molecule has 8 heteroatoms. The molecule has 3 aromatic rings. The SMILES string of the molecule is CN(C)C(=O)[C@@H](OC(=O)CCn1cnc2sccc2c1=O)c1ccccc1. The molecule has 3 rings (SSSR count). The van der Waals surface area contributed by atoms with Gasteiger partial charge in [-0.25, -0.2) is 4.98 Å². The van der Waals surface area contributed by atoms with Crippen LogP contribution in [0.15, 0.2) is 52.9 Å². The van der Waals surface area contributed by atoms with E-state index in [-0.39, 0.29) is 24.4 Å². The van der Waals surface area contributed by atoms with E-state index in [9.17, 15) is 14.4 Å². The number of hydrogen-bond acceptors (Lipinski definition) is 6. The Bertz CT molecular complexity index is 1010. The molecule has 2 heterocycles. The van der Waals surface area contributed by atoms with Gasteiger partial charge in [0.2, 0.25) is 6.10 Å². The zero-order valence-corrected chi connectivity index (χ0v) is 15.8. The topological polar surface area (TPSA) is 81.5 Å². The van der Waals surface area contributed by atoms with Gasteiger partial charge < -0.3 is 9.64 Å². The van der Waals surface area contributed by atoms with Crippen molar-refractivity contribution in [2.24, 2.45) is 0 Å². The number of likely N-dealkylation sites (N-methyl/N-ethyl adjacent to an activating group) is 1. The first-order valence-corrected chi connectivity index (χ1v) is 9.23. The summed E-state index contributed by atoms with van der Waals surface area (Å²) in [5.74, 6) is -0.885. The third kappa shape index (κ3) is 4.22. The molecule has 0 aliphatic carbocycles. The van der Waals surface area contributed by atoms with Crippen LogP contribution in [0.1, 0.15) is 18.1 Å². The van der Waals surface area contributed by atoms with Crippen LogP contribution in [0.2, 0.25) is 0 Å². The van der Waals surface area contributed by atoms with Crippen molar-refractivity contribution in [1.82, 2.24) is 14.5 Å². The smallest absolute Gasteiger partial charge is 0.308 e. The van der Waals surface area contributed by atoms with E-state index in [1.807, 2.05) is 6.07 Å². The zero-order valence-electron chi connectivity index (χ0n) is 15.0. The van der Waals surface area contributed by atoms with Crippen LogP contribution < -0.4 is 5.56 Å². The molecule has 0 spiro atoms. The van der Waals surface area contributed by atoms with E-state index in [1.54, 1.807) is 49.8 Å². The van der Waals surface area contributed by atoms with Crippen molar-refractivity contribution in [3.8, 4) is 0 Å². The summed E-state index contributed by atoms with van der Waals surface area (Å²) in [5.41, 5.74) is 0.404. The number of nitrogens with zero attached hydrogens (tertiary/aromatic N) is 3. The van der Waals surface area contributed by atoms with Crippen molar-refractivity contribution in [2.45, 2.75) is 19.1 Å². The van der Waals surface area contributed by atoms with E-state index in [1.165, 1.54) is 27.1 Å². The van der Waals surface area contributed by atoms with Crippen LogP contribution in [0.25, 0.3) is 10.2 Å². The summed E-state index contributed by atoms with van der Waals surface area (Å²) in [6.07, 6.45) is 0.373. The fourth-order valence-corrected chi connectivity index (χ4v) is 3.30. The third-order valence-corrected chi connectivity index (χ3v) is 4.84. The lowest BCUT2D eigenvalue weighted by atomic mass is 10.1. The van der Waals surface area contributed by atoms with Gasteiger partial charge in [-0.3, -0.25) is 19.0 Å². The second-order valence-corrected chi connectivity index (χ2v) is 7.04. The van der Waals surface area contributed by atoms with Gasteiger partial charge in [-0.15, -0.1) is 11.3 Å². The van der Waals surface area contributed by atoms with Crippen molar-refractivity contribution in [3.63, 3.8) is 0 Å². The Balaban J connectivity index is 1.71. The molecule has 0 unspecified atom stereocenters. The minimum absolute atomic E-state index is 0.0404. The highest BCUT2D eigenvalue weighted by Crippen LogP contribution is 2.20. The number of hydrogen-bond donors (Lipinski definition) is 0. The molecule has 1 aromatic carbocycles. The molecule has 0 saturated heterocycles. The molecule has 1 amide bonds. The molecule has 0 aliphatic rings. The number of aryl methyl sites for hydroxylation is 1. The molecule has 0 bridgehead atoms. The van der Waals surface area contributed by atoms with Crippen molar-refractivity contribution in [2.75, 3.05) is 14.1 Å². The standard InChI is InChI=1S/C19H19N3O4S/c1-21(2)19(25)16(13-6-4-3-5-7-13)26-15(23)8-10-22-12-20-17-14(18(22)24)9-11-27-17/h3-7,9,11-12,16H,8,10H2,1-2H3/t16-/m0/s1. The number of amides is 1. The van der Waals surface area contributed by atoms with Crippen molar-refractivity contribution >= 4 is 33.4 Å². The van der Waals surface area contributed by atoms with Crippen molar-refractivity contribution in [3.05, 3.63) is 64.0 Å². The van der Waals surface area contributed by atoms with E-state index in [4.69, 9.17) is 4.74 Å². The molecule has 1 atom stereocenters. The molecule has 27 heavy (non-hydrogen) atoms. The lowest BCUT2D eigenvalue weighted by Gasteiger charge is -2.21. The van der Waals surface area contributed by atoms with Crippen molar-refractivity contribution < 1.29 is 14.3 Å². The number of carbonyl (C=O) groups excluding carboxylic acids is 2. The van der Waals surface area contributed by atoms with E-state index in [2.05, 4.69) is 4.98 Å². The van der Waals surface area contributed by atoms with Gasteiger partial charge in [0, 0.05) is 26.2 Å². The van der Waals surface area contributed by atoms with Crippen LogP contribution in [0.5, 0.6) is 0 Å². The summed E-state index contributed by atoms with van der Waals surface area (Å²) in [7, 11) is 3.21. The first-order valence-electron chi connectivity index (χ1n) is 8.35. The minimum atomic E-state index is -1.01. The molecule has 7 nitrogen and oxygen atoms in total. The molecule has 0 N–H and O–H groups in total. The molecule has 0 saturated carbocycles. The molecular formula is C19H19N3O4S. The number of thiophene rings is 1. The molecule has 0 radical (unpaired) electrons. The fourth-order valence-electron chi connectivity index (χ4n) is 2.58. The first-order chi connectivity index (χ1) is 13.0. The van der Waals surface area contributed by atoms with Gasteiger partial charge in [-0.1, -0.05) is 30.3 Å². The minimum Gasteiger partial charge on any atom is -0.447 e. The molecule has 0 fully saturated rings. The second-order valence-electron chi connectivity index (χ2n) is 6.15. The summed E-state index contributed by atoms with van der Waals surface area (Å²) < 4.78 is 6.81. The van der Waals surface area contributed by atoms with Crippen LogP contribution in [-0.4, -0.2) is 40.4 Å². The van der Waals surface area contributed by atoms with Gasteiger partial charge in [-0.05, 0) is 11.4 Å². The van der Waals surface area contributed by atoms with Crippen LogP contribution in [0.4, 0.5) is 0 Å². The second kappa shape index (κ2) is 8.13. The third-order valence-electron chi connectivity index (χ3n) is 4.02. The predicted octanol–water partition coefficient (Wildman–Crippen LogP) is 2.22.